The van der Waals surface area contributed by atoms with Crippen LogP contribution in [0.15, 0.2) is 28.9 Å². The number of rotatable bonds is 4. The van der Waals surface area contributed by atoms with Gasteiger partial charge in [-0.05, 0) is 23.8 Å². The lowest BCUT2D eigenvalue weighted by atomic mass is 10.1. The van der Waals surface area contributed by atoms with Crippen LogP contribution in [0.1, 0.15) is 18.9 Å². The lowest BCUT2D eigenvalue weighted by Gasteiger charge is -2.05. The molecule has 19 heavy (non-hydrogen) atoms. The second-order valence-electron chi connectivity index (χ2n) is 3.92. The van der Waals surface area contributed by atoms with E-state index in [1.807, 2.05) is 6.92 Å². The number of cyclic esters (lactones) is 1. The molecule has 0 fully saturated rings. The van der Waals surface area contributed by atoms with Crippen molar-refractivity contribution in [2.24, 2.45) is 4.99 Å². The number of hydrogen-bond acceptors (Lipinski definition) is 5. The molecule has 0 atom stereocenters. The Balaban J connectivity index is 2.37. The van der Waals surface area contributed by atoms with Crippen molar-refractivity contribution in [3.05, 3.63) is 29.5 Å². The van der Waals surface area contributed by atoms with E-state index in [4.69, 9.17) is 14.2 Å². The third-order valence-electron chi connectivity index (χ3n) is 2.64. The summed E-state index contributed by atoms with van der Waals surface area (Å²) in [5.41, 5.74) is 1.05. The highest BCUT2D eigenvalue weighted by atomic mass is 16.6. The molecule has 5 heteroatoms. The largest absolute Gasteiger partial charge is 0.497 e. The zero-order valence-electron chi connectivity index (χ0n) is 11.1. The average molecular weight is 261 g/mol. The Morgan fingerprint density at radius 3 is 2.32 bits per heavy atom. The average Bonchev–Trinajstić information content (AvgIpc) is 2.79. The first-order valence-electron chi connectivity index (χ1n) is 5.90. The van der Waals surface area contributed by atoms with Crippen LogP contribution < -0.4 is 9.47 Å². The first-order chi connectivity index (χ1) is 9.16. The molecule has 2 rings (SSSR count). The molecule has 0 aromatic heterocycles. The molecule has 0 N–H and O–H groups in total. The zero-order chi connectivity index (χ0) is 13.8. The van der Waals surface area contributed by atoms with E-state index in [9.17, 15) is 4.79 Å². The lowest BCUT2D eigenvalue weighted by Crippen LogP contribution is -2.02. The molecule has 1 heterocycles. The fourth-order valence-electron chi connectivity index (χ4n) is 1.68. The van der Waals surface area contributed by atoms with Gasteiger partial charge >= 0.3 is 5.97 Å². The van der Waals surface area contributed by atoms with Crippen LogP contribution in [0.3, 0.4) is 0 Å². The second-order valence-corrected chi connectivity index (χ2v) is 3.92. The molecule has 1 aliphatic rings. The molecule has 0 spiro atoms. The first-order valence-corrected chi connectivity index (χ1v) is 5.90. The summed E-state index contributed by atoms with van der Waals surface area (Å²) in [7, 11) is 3.14. The van der Waals surface area contributed by atoms with E-state index < -0.39 is 5.97 Å². The molecule has 1 aromatic carbocycles. The quantitative estimate of drug-likeness (QED) is 0.617. The van der Waals surface area contributed by atoms with Crippen molar-refractivity contribution in [1.29, 1.82) is 0 Å². The van der Waals surface area contributed by atoms with Crippen molar-refractivity contribution in [3.8, 4) is 11.5 Å². The molecular formula is C14H15NO4. The molecule has 0 amide bonds. The summed E-state index contributed by atoms with van der Waals surface area (Å²) in [4.78, 5) is 15.7. The Morgan fingerprint density at radius 2 is 1.84 bits per heavy atom. The normalized spacial score (nSPS) is 16.3. The fourth-order valence-corrected chi connectivity index (χ4v) is 1.68. The van der Waals surface area contributed by atoms with Crippen LogP contribution >= 0.6 is 0 Å². The number of ether oxygens (including phenoxy) is 3. The van der Waals surface area contributed by atoms with Gasteiger partial charge in [0.05, 0.1) is 14.2 Å². The Hall–Kier alpha value is -2.30. The van der Waals surface area contributed by atoms with Gasteiger partial charge in [-0.1, -0.05) is 6.92 Å². The van der Waals surface area contributed by atoms with Crippen LogP contribution in [0.4, 0.5) is 0 Å². The van der Waals surface area contributed by atoms with Gasteiger partial charge in [0.2, 0.25) is 0 Å². The van der Waals surface area contributed by atoms with Crippen LogP contribution in [-0.4, -0.2) is 26.1 Å². The van der Waals surface area contributed by atoms with Gasteiger partial charge in [-0.15, -0.1) is 0 Å². The van der Waals surface area contributed by atoms with Gasteiger partial charge in [0.15, 0.2) is 11.6 Å². The van der Waals surface area contributed by atoms with Crippen LogP contribution in [0.5, 0.6) is 11.5 Å². The summed E-state index contributed by atoms with van der Waals surface area (Å²) in [6.45, 7) is 1.88. The lowest BCUT2D eigenvalue weighted by molar-refractivity contribution is -0.130. The maximum absolute atomic E-state index is 11.6. The predicted molar refractivity (Wildman–Crippen MR) is 71.3 cm³/mol. The SMILES string of the molecule is CCC1=N/C(=C/c2cc(OC)cc(OC)c2)C(=O)O1. The summed E-state index contributed by atoms with van der Waals surface area (Å²) in [5.74, 6) is 1.30. The number of benzene rings is 1. The maximum Gasteiger partial charge on any atom is 0.363 e. The smallest absolute Gasteiger partial charge is 0.363 e. The summed E-state index contributed by atoms with van der Waals surface area (Å²) >= 11 is 0. The second kappa shape index (κ2) is 5.56. The van der Waals surface area contributed by atoms with E-state index in [2.05, 4.69) is 4.99 Å². The number of hydrogen-bond donors (Lipinski definition) is 0. The molecule has 1 aliphatic heterocycles. The number of carbonyl (C=O) groups excluding carboxylic acids is 1. The number of esters is 1. The van der Waals surface area contributed by atoms with Crippen molar-refractivity contribution in [2.75, 3.05) is 14.2 Å². The molecular weight excluding hydrogens is 246 g/mol. The zero-order valence-corrected chi connectivity index (χ0v) is 11.1. The maximum atomic E-state index is 11.6. The standard InChI is InChI=1S/C14H15NO4/c1-4-13-15-12(14(16)19-13)7-9-5-10(17-2)8-11(6-9)18-3/h5-8H,4H2,1-3H3/b12-7+. The van der Waals surface area contributed by atoms with Crippen LogP contribution in [0.2, 0.25) is 0 Å². The predicted octanol–water partition coefficient (Wildman–Crippen LogP) is 2.41. The minimum atomic E-state index is -0.432. The fraction of sp³-hybridized carbons (Fsp3) is 0.286. The number of methoxy groups -OCH3 is 2. The van der Waals surface area contributed by atoms with Gasteiger partial charge in [-0.3, -0.25) is 0 Å². The van der Waals surface area contributed by atoms with Gasteiger partial charge in [0.1, 0.15) is 11.5 Å². The van der Waals surface area contributed by atoms with Crippen LogP contribution in [-0.2, 0) is 9.53 Å². The third kappa shape index (κ3) is 2.93. The topological polar surface area (TPSA) is 57.1 Å². The van der Waals surface area contributed by atoms with E-state index in [0.29, 0.717) is 23.8 Å². The molecule has 5 nitrogen and oxygen atoms in total. The van der Waals surface area contributed by atoms with Gasteiger partial charge < -0.3 is 14.2 Å². The van der Waals surface area contributed by atoms with E-state index in [0.717, 1.165) is 5.56 Å². The Labute approximate surface area is 111 Å². The summed E-state index contributed by atoms with van der Waals surface area (Å²) < 4.78 is 15.3. The summed E-state index contributed by atoms with van der Waals surface area (Å²) in [6, 6.07) is 5.35. The van der Waals surface area contributed by atoms with Crippen molar-refractivity contribution >= 4 is 17.9 Å². The molecule has 0 unspecified atom stereocenters. The highest BCUT2D eigenvalue weighted by Gasteiger charge is 2.21. The minimum Gasteiger partial charge on any atom is -0.497 e. The molecule has 0 bridgehead atoms. The molecule has 0 saturated heterocycles. The monoisotopic (exact) mass is 261 g/mol. The van der Waals surface area contributed by atoms with E-state index in [1.54, 1.807) is 38.5 Å². The number of aliphatic imine (C=N–C) groups is 1. The molecule has 1 aromatic rings. The first kappa shape index (κ1) is 13.1. The highest BCUT2D eigenvalue weighted by molar-refractivity contribution is 6.07. The molecule has 0 aliphatic carbocycles. The van der Waals surface area contributed by atoms with Gasteiger partial charge in [0.25, 0.3) is 0 Å². The van der Waals surface area contributed by atoms with Crippen LogP contribution in [0, 0.1) is 0 Å². The minimum absolute atomic E-state index is 0.284. The number of carbonyl (C=O) groups is 1. The van der Waals surface area contributed by atoms with Gasteiger partial charge in [-0.25, -0.2) is 9.79 Å². The van der Waals surface area contributed by atoms with E-state index in [-0.39, 0.29) is 5.70 Å². The van der Waals surface area contributed by atoms with Crippen molar-refractivity contribution in [1.82, 2.24) is 0 Å². The summed E-state index contributed by atoms with van der Waals surface area (Å²) in [5, 5.41) is 0. The summed E-state index contributed by atoms with van der Waals surface area (Å²) in [6.07, 6.45) is 2.24. The van der Waals surface area contributed by atoms with E-state index >= 15 is 0 Å². The molecule has 0 saturated carbocycles. The third-order valence-corrected chi connectivity index (χ3v) is 2.64. The molecule has 100 valence electrons. The van der Waals surface area contributed by atoms with Gasteiger partial charge in [0, 0.05) is 12.5 Å². The van der Waals surface area contributed by atoms with Crippen LogP contribution in [0.25, 0.3) is 6.08 Å². The Morgan fingerprint density at radius 1 is 1.21 bits per heavy atom. The van der Waals surface area contributed by atoms with Crippen molar-refractivity contribution in [2.45, 2.75) is 13.3 Å². The van der Waals surface area contributed by atoms with Crippen molar-refractivity contribution in [3.63, 3.8) is 0 Å². The van der Waals surface area contributed by atoms with Crippen molar-refractivity contribution < 1.29 is 19.0 Å². The highest BCUT2D eigenvalue weighted by Crippen LogP contribution is 2.25. The van der Waals surface area contributed by atoms with E-state index in [1.165, 1.54) is 0 Å². The molecule has 0 radical (unpaired) electrons. The van der Waals surface area contributed by atoms with Gasteiger partial charge in [-0.2, -0.15) is 0 Å². The Bertz CT molecular complexity index is 538. The number of nitrogens with zero attached hydrogens (tertiary/aromatic N) is 1. The Kier molecular flexibility index (Phi) is 3.85.